The molecule has 1 saturated heterocycles. The summed E-state index contributed by atoms with van der Waals surface area (Å²) in [7, 11) is -4.02. The van der Waals surface area contributed by atoms with E-state index in [1.54, 1.807) is 6.07 Å². The molecule has 4 atom stereocenters. The lowest BCUT2D eigenvalue weighted by molar-refractivity contribution is -0.0119. The highest BCUT2D eigenvalue weighted by atomic mass is 32.2. The van der Waals surface area contributed by atoms with Crippen molar-refractivity contribution in [3.8, 4) is 0 Å². The van der Waals surface area contributed by atoms with Gasteiger partial charge in [-0.05, 0) is 53.8 Å². The van der Waals surface area contributed by atoms with Gasteiger partial charge in [0.1, 0.15) is 12.0 Å². The number of amides is 1. The van der Waals surface area contributed by atoms with Gasteiger partial charge in [0.25, 0.3) is 0 Å². The fraction of sp³-hybridized carbons (Fsp3) is 0.387. The van der Waals surface area contributed by atoms with Crippen molar-refractivity contribution in [2.75, 3.05) is 24.5 Å². The Morgan fingerprint density at radius 1 is 1.00 bits per heavy atom. The van der Waals surface area contributed by atoms with Crippen molar-refractivity contribution in [3.05, 3.63) is 95.8 Å². The van der Waals surface area contributed by atoms with Crippen LogP contribution < -0.4 is 10.2 Å². The summed E-state index contributed by atoms with van der Waals surface area (Å²) in [5.41, 5.74) is 1.68. The maximum atomic E-state index is 13.8. The van der Waals surface area contributed by atoms with E-state index >= 15 is 0 Å². The van der Waals surface area contributed by atoms with E-state index in [4.69, 9.17) is 4.74 Å². The SMILES string of the molecule is CC(C)CN(C[C@@H](O)[C@H](Cc1ccccc1)NC(O)[C@@H]1CN(c2cccc(F)c2)C(=O)O1)S(=O)(=O)c1ccc(CO)cc1. The highest BCUT2D eigenvalue weighted by Crippen LogP contribution is 2.24. The van der Waals surface area contributed by atoms with Crippen LogP contribution in [0.3, 0.4) is 0 Å². The second-order valence-corrected chi connectivity index (χ2v) is 12.9. The number of halogens is 1. The summed E-state index contributed by atoms with van der Waals surface area (Å²) >= 11 is 0. The average Bonchev–Trinajstić information content (AvgIpc) is 3.38. The van der Waals surface area contributed by atoms with Gasteiger partial charge in [-0.15, -0.1) is 0 Å². The maximum Gasteiger partial charge on any atom is 0.414 e. The molecule has 1 aliphatic heterocycles. The minimum absolute atomic E-state index is 0.0282. The Bertz CT molecular complexity index is 1460. The number of nitrogens with one attached hydrogen (secondary N) is 1. The number of hydrogen-bond acceptors (Lipinski definition) is 8. The molecule has 1 aliphatic rings. The Morgan fingerprint density at radius 2 is 1.70 bits per heavy atom. The molecule has 0 aromatic heterocycles. The maximum absolute atomic E-state index is 13.8. The van der Waals surface area contributed by atoms with E-state index in [0.29, 0.717) is 5.56 Å². The van der Waals surface area contributed by atoms with E-state index in [1.807, 2.05) is 44.2 Å². The standard InChI is InChI=1S/C31H38FN3O7S/c1-21(2)17-34(43(40,41)26-13-11-23(20-36)12-14-26)18-28(37)27(15-22-7-4-3-5-8-22)33-30(38)29-19-35(31(39)42-29)25-10-6-9-24(32)16-25/h3-14,16,21,27-30,33,36-38H,15,17-20H2,1-2H3/t27-,28+,29-,30?/m0/s1. The van der Waals surface area contributed by atoms with Crippen LogP contribution in [0.2, 0.25) is 0 Å². The summed E-state index contributed by atoms with van der Waals surface area (Å²) in [5.74, 6) is -0.583. The largest absolute Gasteiger partial charge is 0.440 e. The number of aliphatic hydroxyl groups excluding tert-OH is 3. The normalized spacial score (nSPS) is 17.7. The zero-order valence-electron chi connectivity index (χ0n) is 24.1. The molecule has 232 valence electrons. The molecule has 3 aromatic rings. The van der Waals surface area contributed by atoms with Gasteiger partial charge >= 0.3 is 6.09 Å². The fourth-order valence-corrected chi connectivity index (χ4v) is 6.56. The molecule has 3 aromatic carbocycles. The number of hydrogen-bond donors (Lipinski definition) is 4. The molecule has 0 aliphatic carbocycles. The van der Waals surface area contributed by atoms with Gasteiger partial charge in [-0.2, -0.15) is 4.31 Å². The third-order valence-electron chi connectivity index (χ3n) is 7.16. The molecule has 43 heavy (non-hydrogen) atoms. The van der Waals surface area contributed by atoms with Crippen molar-refractivity contribution >= 4 is 21.8 Å². The zero-order valence-corrected chi connectivity index (χ0v) is 24.9. The Kier molecular flexibility index (Phi) is 10.9. The van der Waals surface area contributed by atoms with Crippen LogP contribution >= 0.6 is 0 Å². The Labute approximate surface area is 251 Å². The van der Waals surface area contributed by atoms with Gasteiger partial charge < -0.3 is 20.1 Å². The van der Waals surface area contributed by atoms with E-state index in [9.17, 15) is 32.9 Å². The topological polar surface area (TPSA) is 140 Å². The number of anilines is 1. The quantitative estimate of drug-likeness (QED) is 0.203. The smallest absolute Gasteiger partial charge is 0.414 e. The Morgan fingerprint density at radius 3 is 2.33 bits per heavy atom. The van der Waals surface area contributed by atoms with Gasteiger partial charge in [-0.1, -0.05) is 62.4 Å². The van der Waals surface area contributed by atoms with Gasteiger partial charge in [-0.3, -0.25) is 10.2 Å². The predicted molar refractivity (Wildman–Crippen MR) is 159 cm³/mol. The first kappa shape index (κ1) is 32.5. The molecule has 12 heteroatoms. The van der Waals surface area contributed by atoms with Crippen LogP contribution in [0.25, 0.3) is 0 Å². The lowest BCUT2D eigenvalue weighted by Crippen LogP contribution is -2.55. The third kappa shape index (κ3) is 8.37. The van der Waals surface area contributed by atoms with Crippen LogP contribution in [0.4, 0.5) is 14.9 Å². The molecular weight excluding hydrogens is 577 g/mol. The van der Waals surface area contributed by atoms with Crippen molar-refractivity contribution in [1.29, 1.82) is 0 Å². The van der Waals surface area contributed by atoms with E-state index in [1.165, 1.54) is 51.7 Å². The number of carbonyl (C=O) groups excluding carboxylic acids is 1. The minimum atomic E-state index is -4.02. The second-order valence-electron chi connectivity index (χ2n) is 11.0. The number of ether oxygens (including phenoxy) is 1. The lowest BCUT2D eigenvalue weighted by Gasteiger charge is -2.32. The van der Waals surface area contributed by atoms with Crippen molar-refractivity contribution in [3.63, 3.8) is 0 Å². The summed E-state index contributed by atoms with van der Waals surface area (Å²) in [6.45, 7) is 3.30. The Balaban J connectivity index is 1.54. The molecule has 0 saturated carbocycles. The van der Waals surface area contributed by atoms with E-state index in [0.717, 1.165) is 5.56 Å². The highest BCUT2D eigenvalue weighted by Gasteiger charge is 2.39. The summed E-state index contributed by atoms with van der Waals surface area (Å²) in [4.78, 5) is 13.8. The number of carbonyl (C=O) groups is 1. The summed E-state index contributed by atoms with van der Waals surface area (Å²) < 4.78 is 47.6. The molecule has 10 nitrogen and oxygen atoms in total. The minimum Gasteiger partial charge on any atom is -0.440 e. The molecule has 4 rings (SSSR count). The predicted octanol–water partition coefficient (Wildman–Crippen LogP) is 2.87. The van der Waals surface area contributed by atoms with Crippen molar-refractivity contribution in [1.82, 2.24) is 9.62 Å². The molecule has 0 spiro atoms. The summed E-state index contributed by atoms with van der Waals surface area (Å²) in [6, 6.07) is 19.7. The number of aliphatic hydroxyl groups is 3. The number of rotatable bonds is 14. The van der Waals surface area contributed by atoms with Crippen LogP contribution in [-0.2, 0) is 27.8 Å². The average molecular weight is 616 g/mol. The second kappa shape index (κ2) is 14.4. The van der Waals surface area contributed by atoms with Gasteiger partial charge in [0.15, 0.2) is 6.10 Å². The summed E-state index contributed by atoms with van der Waals surface area (Å²) in [5, 5.41) is 34.9. The van der Waals surface area contributed by atoms with E-state index in [-0.39, 0.29) is 49.2 Å². The van der Waals surface area contributed by atoms with E-state index in [2.05, 4.69) is 5.32 Å². The first-order chi connectivity index (χ1) is 20.5. The molecular formula is C31H38FN3O7S. The van der Waals surface area contributed by atoms with Gasteiger partial charge in [-0.25, -0.2) is 17.6 Å². The van der Waals surface area contributed by atoms with Crippen molar-refractivity contribution in [2.45, 2.75) is 56.2 Å². The number of benzene rings is 3. The zero-order chi connectivity index (χ0) is 31.1. The van der Waals surface area contributed by atoms with E-state index < -0.39 is 46.4 Å². The first-order valence-corrected chi connectivity index (χ1v) is 15.5. The fourth-order valence-electron chi connectivity index (χ4n) is 4.93. The molecule has 1 fully saturated rings. The van der Waals surface area contributed by atoms with Crippen LogP contribution in [0.5, 0.6) is 0 Å². The summed E-state index contributed by atoms with van der Waals surface area (Å²) in [6.07, 6.45) is -4.27. The van der Waals surface area contributed by atoms with Crippen LogP contribution in [0.15, 0.2) is 83.8 Å². The highest BCUT2D eigenvalue weighted by molar-refractivity contribution is 7.89. The molecule has 1 unspecified atom stereocenters. The van der Waals surface area contributed by atoms with Gasteiger partial charge in [0.05, 0.1) is 29.8 Å². The van der Waals surface area contributed by atoms with Crippen LogP contribution in [0.1, 0.15) is 25.0 Å². The molecule has 4 N–H and O–H groups in total. The number of nitrogens with zero attached hydrogens (tertiary/aromatic N) is 2. The number of cyclic esters (lactones) is 1. The molecule has 1 amide bonds. The van der Waals surface area contributed by atoms with Crippen molar-refractivity contribution in [2.24, 2.45) is 5.92 Å². The third-order valence-corrected chi connectivity index (χ3v) is 9.00. The molecule has 0 radical (unpaired) electrons. The van der Waals surface area contributed by atoms with Crippen LogP contribution in [-0.4, -0.2) is 78.2 Å². The molecule has 0 bridgehead atoms. The van der Waals surface area contributed by atoms with Crippen molar-refractivity contribution < 1.29 is 37.7 Å². The number of sulfonamides is 1. The Hall–Kier alpha value is -3.39. The first-order valence-electron chi connectivity index (χ1n) is 14.1. The van der Waals surface area contributed by atoms with Gasteiger partial charge in [0, 0.05) is 19.1 Å². The van der Waals surface area contributed by atoms with Crippen LogP contribution in [0, 0.1) is 11.7 Å². The molecule has 1 heterocycles. The monoisotopic (exact) mass is 615 g/mol. The lowest BCUT2D eigenvalue weighted by atomic mass is 10.00. The van der Waals surface area contributed by atoms with Gasteiger partial charge in [0.2, 0.25) is 10.0 Å².